The van der Waals surface area contributed by atoms with Crippen LogP contribution in [0.25, 0.3) is 0 Å². The van der Waals surface area contributed by atoms with Crippen LogP contribution >= 0.6 is 0 Å². The second-order valence-electron chi connectivity index (χ2n) is 28.0. The largest absolute Gasteiger partial charge is 0.432 e. The van der Waals surface area contributed by atoms with E-state index >= 15 is 4.79 Å². The molecule has 15 N–H and O–H groups in total. The van der Waals surface area contributed by atoms with Gasteiger partial charge < -0.3 is 124 Å². The molecule has 84 heavy (non-hydrogen) atoms. The van der Waals surface area contributed by atoms with Crippen LogP contribution in [-0.4, -0.2) is 263 Å². The lowest BCUT2D eigenvalue weighted by Crippen LogP contribution is -2.67. The minimum absolute atomic E-state index is 0.0875. The second-order valence-corrected chi connectivity index (χ2v) is 28.0. The van der Waals surface area contributed by atoms with Gasteiger partial charge in [0.25, 0.3) is 0 Å². The van der Waals surface area contributed by atoms with E-state index in [2.05, 4.69) is 40.7 Å². The Kier molecular flexibility index (Phi) is 18.7. The van der Waals surface area contributed by atoms with E-state index in [0.717, 1.165) is 12.0 Å². The Bertz CT molecular complexity index is 2330. The van der Waals surface area contributed by atoms with E-state index in [-0.39, 0.29) is 47.2 Å². The lowest BCUT2D eigenvalue weighted by molar-refractivity contribution is -0.379. The monoisotopic (exact) mass is 1210 g/mol. The lowest BCUT2D eigenvalue weighted by Gasteiger charge is -2.71. The standard InChI is InChI=1S/C58H94O26/c1-24-34(64)44(81-47-41(71)35(65)27(62)21-75-47)43(73)49(77-24)82-45-36(66)28(63)22-76-50(45)80-33-11-12-54(4)31(55(33,5)23-61)10-13-57(7)32(54)9-8-25-26-18-53(2,3)14-16-58(26,17-15-56(25,57)6)52(74)84-51-46(40(70)38(68)30(20-60)79-51)83-48-42(72)39(69)37(67)29(19-59)78-48/h8,24,26-51,59-73H,9-23H2,1-7H3/t24-,26?,27+,28-,29+,30+,31?,32?,33?,34+,35-,36-,37+,38+,39-,40-,41+,42+,43+,44+,45+,46+,47-,48-,49-,50-,51-,54?,55?,56?,57?,58?/m0/s1. The fourth-order valence-corrected chi connectivity index (χ4v) is 17.4. The van der Waals surface area contributed by atoms with Crippen LogP contribution in [0.5, 0.6) is 0 Å². The third-order valence-corrected chi connectivity index (χ3v) is 22.9. The molecule has 32 atom stereocenters. The Hall–Kier alpha value is -1.75. The summed E-state index contributed by atoms with van der Waals surface area (Å²) in [4.78, 5) is 15.4. The van der Waals surface area contributed by atoms with Gasteiger partial charge in [-0.25, -0.2) is 0 Å². The summed E-state index contributed by atoms with van der Waals surface area (Å²) in [6.45, 7) is 12.3. The number of aliphatic hydroxyl groups is 15. The first-order valence-electron chi connectivity index (χ1n) is 30.2. The predicted octanol–water partition coefficient (Wildman–Crippen LogP) is -2.93. The molecule has 0 aromatic rings. The summed E-state index contributed by atoms with van der Waals surface area (Å²) >= 11 is 0. The fourth-order valence-electron chi connectivity index (χ4n) is 17.4. The van der Waals surface area contributed by atoms with Crippen molar-refractivity contribution in [2.24, 2.45) is 50.2 Å². The number of ether oxygens (including phenoxy) is 10. The van der Waals surface area contributed by atoms with Gasteiger partial charge in [0.05, 0.1) is 50.7 Å². The lowest BCUT2D eigenvalue weighted by atomic mass is 9.33. The molecule has 26 nitrogen and oxygen atoms in total. The van der Waals surface area contributed by atoms with Crippen LogP contribution in [0.1, 0.15) is 113 Å². The van der Waals surface area contributed by atoms with Gasteiger partial charge in [-0.05, 0) is 111 Å². The molecular formula is C58H94O26. The third-order valence-electron chi connectivity index (χ3n) is 22.9. The van der Waals surface area contributed by atoms with E-state index in [1.54, 1.807) is 0 Å². The molecule has 10 aliphatic rings. The van der Waals surface area contributed by atoms with Crippen LogP contribution < -0.4 is 0 Å². The number of allylic oxidation sites excluding steroid dienone is 2. The SMILES string of the molecule is C[C@@H]1O[C@@H](O[C@H]2[C@H](OC3CCC4(C)C(CCC5(C)C4CC=C4C6CC(C)(C)CCC6(C(=O)O[C@@H]6O[C@H](CO)[C@@H](O)[C@H](O)[C@H]6O[C@@H]6O[C@H](CO)[C@@H](O)[C@H](O)[C@H]6O)CCC45C)C3(C)CO)OC[C@H](O)[C@@H]2O)[C@H](O)[C@H](O[C@@H]2OC[C@@H](O)[C@H](O)[C@H]2O)[C@@H]1O. The summed E-state index contributed by atoms with van der Waals surface area (Å²) < 4.78 is 60.0. The molecule has 0 aromatic carbocycles. The molecule has 482 valence electrons. The van der Waals surface area contributed by atoms with Crippen LogP contribution in [0, 0.1) is 50.2 Å². The average molecular weight is 1210 g/mol. The molecule has 9 unspecified atom stereocenters. The molecule has 0 spiro atoms. The first kappa shape index (κ1) is 65.2. The second kappa shape index (κ2) is 24.1. The van der Waals surface area contributed by atoms with E-state index < -0.39 is 189 Å². The Morgan fingerprint density at radius 3 is 1.77 bits per heavy atom. The van der Waals surface area contributed by atoms with Crippen molar-refractivity contribution in [2.45, 2.75) is 260 Å². The maximum atomic E-state index is 15.4. The van der Waals surface area contributed by atoms with Crippen LogP contribution in [-0.2, 0) is 52.2 Å². The molecule has 10 rings (SSSR count). The number of aliphatic hydroxyl groups excluding tert-OH is 15. The highest BCUT2D eigenvalue weighted by Crippen LogP contribution is 2.76. The highest BCUT2D eigenvalue weighted by atomic mass is 16.8. The van der Waals surface area contributed by atoms with Gasteiger partial charge in [-0.15, -0.1) is 0 Å². The van der Waals surface area contributed by atoms with Crippen molar-refractivity contribution in [1.29, 1.82) is 0 Å². The van der Waals surface area contributed by atoms with Crippen LogP contribution in [0.4, 0.5) is 0 Å². The molecule has 4 saturated carbocycles. The summed E-state index contributed by atoms with van der Waals surface area (Å²) in [6.07, 6.45) is -29.3. The van der Waals surface area contributed by atoms with Crippen molar-refractivity contribution >= 4 is 5.97 Å². The van der Waals surface area contributed by atoms with Gasteiger partial charge in [-0.3, -0.25) is 4.79 Å². The van der Waals surface area contributed by atoms with Crippen LogP contribution in [0.3, 0.4) is 0 Å². The molecule has 0 amide bonds. The fraction of sp³-hybridized carbons (Fsp3) is 0.948. The van der Waals surface area contributed by atoms with Crippen molar-refractivity contribution in [2.75, 3.05) is 33.0 Å². The number of hydrogen-bond acceptors (Lipinski definition) is 26. The molecule has 0 aromatic heterocycles. The van der Waals surface area contributed by atoms with Gasteiger partial charge >= 0.3 is 5.97 Å². The van der Waals surface area contributed by atoms with E-state index in [4.69, 9.17) is 47.4 Å². The number of hydrogen-bond donors (Lipinski definition) is 15. The quantitative estimate of drug-likeness (QED) is 0.0499. The number of rotatable bonds is 13. The zero-order valence-electron chi connectivity index (χ0n) is 49.0. The minimum Gasteiger partial charge on any atom is -0.432 e. The van der Waals surface area contributed by atoms with Crippen LogP contribution in [0.2, 0.25) is 0 Å². The predicted molar refractivity (Wildman–Crippen MR) is 283 cm³/mol. The molecule has 5 aliphatic heterocycles. The van der Waals surface area contributed by atoms with Gasteiger partial charge in [-0.1, -0.05) is 53.2 Å². The highest BCUT2D eigenvalue weighted by Gasteiger charge is 2.71. The van der Waals surface area contributed by atoms with Crippen molar-refractivity contribution in [3.8, 4) is 0 Å². The van der Waals surface area contributed by atoms with E-state index in [0.29, 0.717) is 57.8 Å². The normalized spacial score (nSPS) is 54.9. The number of fused-ring (bicyclic) bond motifs is 7. The maximum absolute atomic E-state index is 15.4. The van der Waals surface area contributed by atoms with Gasteiger partial charge in [0.2, 0.25) is 6.29 Å². The summed E-state index contributed by atoms with van der Waals surface area (Å²) in [5.74, 6) is -0.960. The maximum Gasteiger partial charge on any atom is 0.315 e. The smallest absolute Gasteiger partial charge is 0.315 e. The van der Waals surface area contributed by atoms with Crippen molar-refractivity contribution < 1.29 is 129 Å². The zero-order valence-corrected chi connectivity index (χ0v) is 49.0. The summed E-state index contributed by atoms with van der Waals surface area (Å²) in [5.41, 5.74) is -2.13. The van der Waals surface area contributed by atoms with E-state index in [1.807, 2.05) is 6.92 Å². The first-order valence-corrected chi connectivity index (χ1v) is 30.2. The number of esters is 1. The van der Waals surface area contributed by atoms with E-state index in [9.17, 15) is 76.6 Å². The number of carbonyl (C=O) groups excluding carboxylic acids is 1. The summed E-state index contributed by atoms with van der Waals surface area (Å²) in [7, 11) is 0. The summed E-state index contributed by atoms with van der Waals surface area (Å²) in [5, 5.41) is 162. The molecule has 5 heterocycles. The molecule has 0 bridgehead atoms. The summed E-state index contributed by atoms with van der Waals surface area (Å²) in [6, 6.07) is 0. The zero-order chi connectivity index (χ0) is 61.1. The van der Waals surface area contributed by atoms with Gasteiger partial charge in [0.1, 0.15) is 97.7 Å². The van der Waals surface area contributed by atoms with Crippen LogP contribution in [0.15, 0.2) is 11.6 Å². The Labute approximate surface area is 488 Å². The third kappa shape index (κ3) is 10.8. The molecular weight excluding hydrogens is 1110 g/mol. The Morgan fingerprint density at radius 2 is 1.12 bits per heavy atom. The molecule has 0 radical (unpaired) electrons. The molecule has 5 saturated heterocycles. The first-order chi connectivity index (χ1) is 39.4. The Balaban J connectivity index is 0.878. The van der Waals surface area contributed by atoms with Gasteiger partial charge in [-0.2, -0.15) is 0 Å². The van der Waals surface area contributed by atoms with Crippen molar-refractivity contribution in [3.05, 3.63) is 11.6 Å². The Morgan fingerprint density at radius 1 is 0.548 bits per heavy atom. The molecule has 9 fully saturated rings. The highest BCUT2D eigenvalue weighted by molar-refractivity contribution is 5.79. The molecule has 5 aliphatic carbocycles. The van der Waals surface area contributed by atoms with E-state index in [1.165, 1.54) is 6.92 Å². The van der Waals surface area contributed by atoms with Gasteiger partial charge in [0, 0.05) is 5.41 Å². The van der Waals surface area contributed by atoms with Gasteiger partial charge in [0.15, 0.2) is 31.3 Å². The minimum atomic E-state index is -1.90. The average Bonchev–Trinajstić information content (AvgIpc) is 1.08. The molecule has 26 heteroatoms. The number of carbonyl (C=O) groups is 1. The topological polar surface area (TPSA) is 413 Å². The van der Waals surface area contributed by atoms with Crippen molar-refractivity contribution in [3.63, 3.8) is 0 Å². The van der Waals surface area contributed by atoms with Crippen molar-refractivity contribution in [1.82, 2.24) is 0 Å².